The Hall–Kier alpha value is -1.79. The molecule has 1 aliphatic rings. The van der Waals surface area contributed by atoms with Crippen LogP contribution in [0.15, 0.2) is 24.3 Å². The molecule has 0 saturated carbocycles. The number of hydrogen-bond donors (Lipinski definition) is 1. The molecule has 1 heterocycles. The second-order valence-corrected chi connectivity index (χ2v) is 5.55. The lowest BCUT2D eigenvalue weighted by atomic mass is 10.2. The summed E-state index contributed by atoms with van der Waals surface area (Å²) in [5, 5.41) is 2.84. The first kappa shape index (κ1) is 17.6. The van der Waals surface area contributed by atoms with Crippen LogP contribution in [-0.4, -0.2) is 64.0 Å². The van der Waals surface area contributed by atoms with E-state index >= 15 is 0 Å². The van der Waals surface area contributed by atoms with Crippen molar-refractivity contribution in [1.29, 1.82) is 0 Å². The molecule has 1 fully saturated rings. The molecule has 0 unspecified atom stereocenters. The Kier molecular flexibility index (Phi) is 7.16. The Morgan fingerprint density at radius 2 is 2.00 bits per heavy atom. The molecule has 128 valence electrons. The normalized spacial score (nSPS) is 14.6. The highest BCUT2D eigenvalue weighted by molar-refractivity contribution is 5.73. The van der Waals surface area contributed by atoms with Gasteiger partial charge in [0.15, 0.2) is 0 Å². The van der Waals surface area contributed by atoms with Crippen molar-refractivity contribution in [3.05, 3.63) is 29.8 Å². The van der Waals surface area contributed by atoms with Gasteiger partial charge >= 0.3 is 6.03 Å². The number of anilines is 1. The summed E-state index contributed by atoms with van der Waals surface area (Å²) in [4.78, 5) is 16.0. The number of ether oxygens (including phenoxy) is 2. The van der Waals surface area contributed by atoms with E-state index in [0.29, 0.717) is 26.3 Å². The molecule has 1 aliphatic heterocycles. The average Bonchev–Trinajstić information content (AvgIpc) is 2.60. The summed E-state index contributed by atoms with van der Waals surface area (Å²) in [6.45, 7) is 7.71. The number of carbonyl (C=O) groups excluding carboxylic acids is 1. The van der Waals surface area contributed by atoms with E-state index in [2.05, 4.69) is 34.5 Å². The van der Waals surface area contributed by atoms with Gasteiger partial charge in [-0.15, -0.1) is 0 Å². The molecular weight excluding hydrogens is 294 g/mol. The lowest BCUT2D eigenvalue weighted by molar-refractivity contribution is 0.122. The van der Waals surface area contributed by atoms with E-state index in [4.69, 9.17) is 9.47 Å². The standard InChI is InChI=1S/C17H27N3O3/c1-3-22-11-8-18-17(21)19(2)14-15-4-6-16(7-5-15)20-9-12-23-13-10-20/h4-7H,3,8-14H2,1-2H3,(H,18,21). The molecule has 2 amide bonds. The molecule has 0 aliphatic carbocycles. The summed E-state index contributed by atoms with van der Waals surface area (Å²) in [6.07, 6.45) is 0. The number of rotatable bonds is 7. The summed E-state index contributed by atoms with van der Waals surface area (Å²) in [5.41, 5.74) is 2.32. The topological polar surface area (TPSA) is 54.0 Å². The molecule has 23 heavy (non-hydrogen) atoms. The molecule has 1 saturated heterocycles. The summed E-state index contributed by atoms with van der Waals surface area (Å²) in [6, 6.07) is 8.30. The van der Waals surface area contributed by atoms with E-state index in [1.54, 1.807) is 11.9 Å². The summed E-state index contributed by atoms with van der Waals surface area (Å²) >= 11 is 0. The highest BCUT2D eigenvalue weighted by atomic mass is 16.5. The van der Waals surface area contributed by atoms with Crippen LogP contribution in [0.1, 0.15) is 12.5 Å². The number of nitrogens with one attached hydrogen (secondary N) is 1. The van der Waals surface area contributed by atoms with Gasteiger partial charge in [0, 0.05) is 45.5 Å². The Balaban J connectivity index is 1.79. The van der Waals surface area contributed by atoms with Crippen molar-refractivity contribution in [3.63, 3.8) is 0 Å². The zero-order valence-corrected chi connectivity index (χ0v) is 14.1. The van der Waals surface area contributed by atoms with Crippen molar-refractivity contribution in [1.82, 2.24) is 10.2 Å². The Morgan fingerprint density at radius 1 is 1.30 bits per heavy atom. The van der Waals surface area contributed by atoms with Crippen molar-refractivity contribution in [2.24, 2.45) is 0 Å². The Labute approximate surface area is 138 Å². The maximum atomic E-state index is 12.0. The van der Waals surface area contributed by atoms with Crippen LogP contribution in [0.4, 0.5) is 10.5 Å². The minimum absolute atomic E-state index is 0.0815. The van der Waals surface area contributed by atoms with Gasteiger partial charge in [0.05, 0.1) is 19.8 Å². The number of hydrogen-bond acceptors (Lipinski definition) is 4. The largest absolute Gasteiger partial charge is 0.380 e. The van der Waals surface area contributed by atoms with Gasteiger partial charge in [0.2, 0.25) is 0 Å². The smallest absolute Gasteiger partial charge is 0.317 e. The fraction of sp³-hybridized carbons (Fsp3) is 0.588. The summed E-state index contributed by atoms with van der Waals surface area (Å²) in [7, 11) is 1.80. The van der Waals surface area contributed by atoms with E-state index in [0.717, 1.165) is 31.9 Å². The lowest BCUT2D eigenvalue weighted by Crippen LogP contribution is -2.38. The van der Waals surface area contributed by atoms with Crippen LogP contribution in [0.5, 0.6) is 0 Å². The van der Waals surface area contributed by atoms with E-state index in [-0.39, 0.29) is 6.03 Å². The predicted octanol–water partition coefficient (Wildman–Crippen LogP) is 1.70. The van der Waals surface area contributed by atoms with Gasteiger partial charge in [-0.25, -0.2) is 4.79 Å². The Bertz CT molecular complexity index is 472. The molecule has 0 aromatic heterocycles. The number of amides is 2. The molecule has 1 N–H and O–H groups in total. The predicted molar refractivity (Wildman–Crippen MR) is 90.8 cm³/mol. The van der Waals surface area contributed by atoms with Crippen molar-refractivity contribution >= 4 is 11.7 Å². The Morgan fingerprint density at radius 3 is 2.65 bits per heavy atom. The molecule has 0 bridgehead atoms. The van der Waals surface area contributed by atoms with Crippen molar-refractivity contribution < 1.29 is 14.3 Å². The van der Waals surface area contributed by atoms with Crippen molar-refractivity contribution in [3.8, 4) is 0 Å². The zero-order valence-electron chi connectivity index (χ0n) is 14.1. The highest BCUT2D eigenvalue weighted by Gasteiger charge is 2.12. The molecule has 6 nitrogen and oxygen atoms in total. The van der Waals surface area contributed by atoms with E-state index < -0.39 is 0 Å². The lowest BCUT2D eigenvalue weighted by Gasteiger charge is -2.29. The number of urea groups is 1. The zero-order chi connectivity index (χ0) is 16.5. The second kappa shape index (κ2) is 9.37. The van der Waals surface area contributed by atoms with Crippen molar-refractivity contribution in [2.75, 3.05) is 58.0 Å². The monoisotopic (exact) mass is 321 g/mol. The van der Waals surface area contributed by atoms with Gasteiger partial charge in [-0.1, -0.05) is 12.1 Å². The average molecular weight is 321 g/mol. The van der Waals surface area contributed by atoms with Crippen LogP contribution in [0.25, 0.3) is 0 Å². The molecule has 0 radical (unpaired) electrons. The third kappa shape index (κ3) is 5.73. The summed E-state index contributed by atoms with van der Waals surface area (Å²) in [5.74, 6) is 0. The minimum Gasteiger partial charge on any atom is -0.380 e. The molecule has 2 rings (SSSR count). The molecule has 1 aromatic rings. The highest BCUT2D eigenvalue weighted by Crippen LogP contribution is 2.17. The van der Waals surface area contributed by atoms with Crippen LogP contribution < -0.4 is 10.2 Å². The van der Waals surface area contributed by atoms with E-state index in [9.17, 15) is 4.79 Å². The van der Waals surface area contributed by atoms with Gasteiger partial charge in [-0.05, 0) is 24.6 Å². The van der Waals surface area contributed by atoms with Gasteiger partial charge in [-0.3, -0.25) is 0 Å². The third-order valence-electron chi connectivity index (χ3n) is 3.81. The minimum atomic E-state index is -0.0815. The van der Waals surface area contributed by atoms with Crippen LogP contribution in [0.2, 0.25) is 0 Å². The van der Waals surface area contributed by atoms with Gasteiger partial charge < -0.3 is 24.6 Å². The van der Waals surface area contributed by atoms with E-state index in [1.165, 1.54) is 5.69 Å². The SMILES string of the molecule is CCOCCNC(=O)N(C)Cc1ccc(N2CCOCC2)cc1. The van der Waals surface area contributed by atoms with Crippen LogP contribution in [0.3, 0.4) is 0 Å². The van der Waals surface area contributed by atoms with Crippen LogP contribution >= 0.6 is 0 Å². The fourth-order valence-corrected chi connectivity index (χ4v) is 2.49. The number of morpholine rings is 1. The molecule has 1 aromatic carbocycles. The summed E-state index contributed by atoms with van der Waals surface area (Å²) < 4.78 is 10.6. The van der Waals surface area contributed by atoms with Crippen molar-refractivity contribution in [2.45, 2.75) is 13.5 Å². The van der Waals surface area contributed by atoms with Crippen LogP contribution in [0, 0.1) is 0 Å². The first-order chi connectivity index (χ1) is 11.2. The van der Waals surface area contributed by atoms with Crippen LogP contribution in [-0.2, 0) is 16.0 Å². The van der Waals surface area contributed by atoms with E-state index in [1.807, 2.05) is 6.92 Å². The first-order valence-corrected chi connectivity index (χ1v) is 8.19. The fourth-order valence-electron chi connectivity index (χ4n) is 2.49. The molecular formula is C17H27N3O3. The third-order valence-corrected chi connectivity index (χ3v) is 3.81. The quantitative estimate of drug-likeness (QED) is 0.777. The number of benzene rings is 1. The first-order valence-electron chi connectivity index (χ1n) is 8.19. The molecule has 0 atom stereocenters. The van der Waals surface area contributed by atoms with Gasteiger partial charge in [0.25, 0.3) is 0 Å². The number of nitrogens with zero attached hydrogens (tertiary/aromatic N) is 2. The maximum absolute atomic E-state index is 12.0. The molecule has 0 spiro atoms. The molecule has 6 heteroatoms. The van der Waals surface area contributed by atoms with Gasteiger partial charge in [-0.2, -0.15) is 0 Å². The second-order valence-electron chi connectivity index (χ2n) is 5.55. The number of carbonyl (C=O) groups is 1. The van der Waals surface area contributed by atoms with Gasteiger partial charge in [0.1, 0.15) is 0 Å². The maximum Gasteiger partial charge on any atom is 0.317 e.